The van der Waals surface area contributed by atoms with Crippen LogP contribution in [-0.4, -0.2) is 43.2 Å². The van der Waals surface area contributed by atoms with Gasteiger partial charge in [0.2, 0.25) is 5.91 Å². The molecule has 1 aromatic carbocycles. The minimum Gasteiger partial charge on any atom is -0.340 e. The zero-order valence-corrected chi connectivity index (χ0v) is 18.5. The van der Waals surface area contributed by atoms with Crippen LogP contribution in [0.2, 0.25) is 0 Å². The molecule has 0 atom stereocenters. The van der Waals surface area contributed by atoms with Crippen molar-refractivity contribution in [2.45, 2.75) is 39.2 Å². The van der Waals surface area contributed by atoms with Crippen molar-refractivity contribution in [1.29, 1.82) is 0 Å². The minimum atomic E-state index is -2.62. The lowest BCUT2D eigenvalue weighted by Crippen LogP contribution is -2.35. The van der Waals surface area contributed by atoms with Gasteiger partial charge in [0.25, 0.3) is 6.43 Å². The fourth-order valence-corrected chi connectivity index (χ4v) is 4.88. The van der Waals surface area contributed by atoms with Gasteiger partial charge in [-0.25, -0.2) is 13.8 Å². The molecule has 0 spiro atoms. The molecule has 32 heavy (non-hydrogen) atoms. The second kappa shape index (κ2) is 7.72. The van der Waals surface area contributed by atoms with Gasteiger partial charge in [0.05, 0.1) is 18.6 Å². The molecule has 0 radical (unpaired) electrons. The highest BCUT2D eigenvalue weighted by Gasteiger charge is 2.31. The van der Waals surface area contributed by atoms with E-state index in [1.165, 1.54) is 0 Å². The van der Waals surface area contributed by atoms with E-state index in [4.69, 9.17) is 5.10 Å². The molecule has 5 rings (SSSR count). The second-order valence-corrected chi connectivity index (χ2v) is 8.61. The number of imidazole rings is 1. The average Bonchev–Trinajstić information content (AvgIpc) is 3.35. The van der Waals surface area contributed by atoms with Crippen LogP contribution in [0.4, 0.5) is 20.3 Å². The second-order valence-electron chi connectivity index (χ2n) is 8.61. The van der Waals surface area contributed by atoms with Crippen LogP contribution in [0, 0.1) is 0 Å². The fourth-order valence-electron chi connectivity index (χ4n) is 4.88. The van der Waals surface area contributed by atoms with Crippen molar-refractivity contribution in [3.8, 4) is 11.3 Å². The van der Waals surface area contributed by atoms with Crippen molar-refractivity contribution < 1.29 is 13.6 Å². The standard InChI is InChI=1S/C23H26F2N6O/c1-14(32)30-8-6-20-18(11-30)23(27-29(20)3)31-7-4-5-15-9-16(19-12-28(2)13-26-19)17(22(24)25)10-21(15)31/h9-10,12-13,22H,4-8,11H2,1-3H3. The Balaban J connectivity index is 1.62. The van der Waals surface area contributed by atoms with Gasteiger partial charge in [-0.2, -0.15) is 5.10 Å². The molecule has 0 aliphatic carbocycles. The van der Waals surface area contributed by atoms with E-state index in [-0.39, 0.29) is 11.5 Å². The molecule has 9 heteroatoms. The lowest BCUT2D eigenvalue weighted by Gasteiger charge is -2.33. The van der Waals surface area contributed by atoms with Crippen molar-refractivity contribution in [2.24, 2.45) is 14.1 Å². The Labute approximate surface area is 185 Å². The van der Waals surface area contributed by atoms with Gasteiger partial charge in [0.1, 0.15) is 0 Å². The van der Waals surface area contributed by atoms with Crippen LogP contribution >= 0.6 is 0 Å². The van der Waals surface area contributed by atoms with Crippen LogP contribution in [0.3, 0.4) is 0 Å². The maximum Gasteiger partial charge on any atom is 0.264 e. The molecule has 0 unspecified atom stereocenters. The Bertz CT molecular complexity index is 1200. The Morgan fingerprint density at radius 1 is 1.16 bits per heavy atom. The van der Waals surface area contributed by atoms with Gasteiger partial charge in [0.15, 0.2) is 5.82 Å². The van der Waals surface area contributed by atoms with Crippen LogP contribution in [0.5, 0.6) is 0 Å². The minimum absolute atomic E-state index is 0.0236. The number of anilines is 2. The fraction of sp³-hybridized carbons (Fsp3) is 0.435. The third-order valence-corrected chi connectivity index (χ3v) is 6.51. The van der Waals surface area contributed by atoms with E-state index >= 15 is 0 Å². The number of aromatic nitrogens is 4. The summed E-state index contributed by atoms with van der Waals surface area (Å²) in [5, 5.41) is 4.77. The number of fused-ring (bicyclic) bond motifs is 2. The SMILES string of the molecule is CC(=O)N1CCc2c(c(N3CCCc4cc(-c5cn(C)cn5)c(C(F)F)cc43)nn2C)C1. The first-order chi connectivity index (χ1) is 15.3. The number of benzene rings is 1. The smallest absolute Gasteiger partial charge is 0.264 e. The largest absolute Gasteiger partial charge is 0.340 e. The highest BCUT2D eigenvalue weighted by atomic mass is 19.3. The van der Waals surface area contributed by atoms with E-state index in [1.54, 1.807) is 30.1 Å². The number of amides is 1. The summed E-state index contributed by atoms with van der Waals surface area (Å²) >= 11 is 0. The number of rotatable bonds is 3. The van der Waals surface area contributed by atoms with Gasteiger partial charge in [0, 0.05) is 74.8 Å². The molecule has 2 aliphatic rings. The van der Waals surface area contributed by atoms with E-state index in [1.807, 2.05) is 29.7 Å². The quantitative estimate of drug-likeness (QED) is 0.623. The predicted octanol–water partition coefficient (Wildman–Crippen LogP) is 3.75. The maximum absolute atomic E-state index is 14.1. The average molecular weight is 440 g/mol. The van der Waals surface area contributed by atoms with Gasteiger partial charge in [-0.15, -0.1) is 0 Å². The predicted molar refractivity (Wildman–Crippen MR) is 117 cm³/mol. The highest BCUT2D eigenvalue weighted by molar-refractivity contribution is 5.77. The Morgan fingerprint density at radius 2 is 1.97 bits per heavy atom. The Morgan fingerprint density at radius 3 is 2.66 bits per heavy atom. The summed E-state index contributed by atoms with van der Waals surface area (Å²) in [5.74, 6) is 0.796. The normalized spacial score (nSPS) is 15.8. The Kier molecular flexibility index (Phi) is 4.98. The third-order valence-electron chi connectivity index (χ3n) is 6.51. The monoisotopic (exact) mass is 440 g/mol. The summed E-state index contributed by atoms with van der Waals surface area (Å²) in [7, 11) is 3.73. The van der Waals surface area contributed by atoms with Gasteiger partial charge >= 0.3 is 0 Å². The van der Waals surface area contributed by atoms with E-state index < -0.39 is 6.43 Å². The first-order valence-electron chi connectivity index (χ1n) is 10.8. The number of hydrogen-bond donors (Lipinski definition) is 0. The molecule has 7 nitrogen and oxygen atoms in total. The van der Waals surface area contributed by atoms with E-state index in [2.05, 4.69) is 9.88 Å². The summed E-state index contributed by atoms with van der Waals surface area (Å²) in [6.45, 7) is 3.43. The van der Waals surface area contributed by atoms with Crippen molar-refractivity contribution in [2.75, 3.05) is 18.0 Å². The van der Waals surface area contributed by atoms with Gasteiger partial charge in [-0.05, 0) is 30.5 Å². The third kappa shape index (κ3) is 3.36. The summed E-state index contributed by atoms with van der Waals surface area (Å²) in [6.07, 6.45) is 3.21. The summed E-state index contributed by atoms with van der Waals surface area (Å²) < 4.78 is 31.9. The highest BCUT2D eigenvalue weighted by Crippen LogP contribution is 2.42. The molecule has 0 bridgehead atoms. The van der Waals surface area contributed by atoms with Gasteiger partial charge < -0.3 is 14.4 Å². The molecule has 0 N–H and O–H groups in total. The number of nitrogens with zero attached hydrogens (tertiary/aromatic N) is 6. The molecule has 4 heterocycles. The van der Waals surface area contributed by atoms with Crippen molar-refractivity contribution in [1.82, 2.24) is 24.2 Å². The first kappa shape index (κ1) is 20.7. The van der Waals surface area contributed by atoms with Crippen LogP contribution in [0.15, 0.2) is 24.7 Å². The molecule has 0 saturated heterocycles. The molecule has 2 aliphatic heterocycles. The number of aryl methyl sites for hydroxylation is 3. The zero-order chi connectivity index (χ0) is 22.6. The molecule has 0 fully saturated rings. The van der Waals surface area contributed by atoms with Crippen LogP contribution in [0.25, 0.3) is 11.3 Å². The number of carbonyl (C=O) groups excluding carboxylic acids is 1. The number of halogens is 2. The number of alkyl halides is 2. The molecule has 1 amide bonds. The van der Waals surface area contributed by atoms with Crippen LogP contribution in [-0.2, 0) is 38.3 Å². The molecule has 2 aromatic heterocycles. The van der Waals surface area contributed by atoms with E-state index in [0.29, 0.717) is 30.9 Å². The molecular formula is C23H26F2N6O. The van der Waals surface area contributed by atoms with Crippen molar-refractivity contribution in [3.05, 3.63) is 47.0 Å². The van der Waals surface area contributed by atoms with Crippen molar-refractivity contribution >= 4 is 17.4 Å². The number of carbonyl (C=O) groups is 1. The summed E-state index contributed by atoms with van der Waals surface area (Å²) in [4.78, 5) is 20.2. The van der Waals surface area contributed by atoms with Gasteiger partial charge in [-0.1, -0.05) is 0 Å². The zero-order valence-electron chi connectivity index (χ0n) is 18.5. The lowest BCUT2D eigenvalue weighted by atomic mass is 9.93. The van der Waals surface area contributed by atoms with E-state index in [9.17, 15) is 13.6 Å². The maximum atomic E-state index is 14.1. The van der Waals surface area contributed by atoms with Crippen LogP contribution < -0.4 is 4.90 Å². The topological polar surface area (TPSA) is 59.2 Å². The molecule has 3 aromatic rings. The Hall–Kier alpha value is -3.23. The summed E-state index contributed by atoms with van der Waals surface area (Å²) in [6, 6.07) is 3.47. The summed E-state index contributed by atoms with van der Waals surface area (Å²) in [5.41, 5.74) is 4.90. The van der Waals surface area contributed by atoms with Crippen LogP contribution in [0.1, 0.15) is 42.2 Å². The molecule has 0 saturated carbocycles. The van der Waals surface area contributed by atoms with Crippen molar-refractivity contribution in [3.63, 3.8) is 0 Å². The number of hydrogen-bond acceptors (Lipinski definition) is 4. The molecular weight excluding hydrogens is 414 g/mol. The lowest BCUT2D eigenvalue weighted by molar-refractivity contribution is -0.129. The van der Waals surface area contributed by atoms with E-state index in [0.717, 1.165) is 47.6 Å². The molecule has 168 valence electrons. The first-order valence-corrected chi connectivity index (χ1v) is 10.8. The van der Waals surface area contributed by atoms with Gasteiger partial charge in [-0.3, -0.25) is 9.48 Å².